The zero-order valence-electron chi connectivity index (χ0n) is 17.1. The predicted molar refractivity (Wildman–Crippen MR) is 126 cm³/mol. The Bertz CT molecular complexity index is 1030. The summed E-state index contributed by atoms with van der Waals surface area (Å²) in [5.41, 5.74) is 1.80. The number of rotatable bonds is 6. The van der Waals surface area contributed by atoms with Gasteiger partial charge in [0.1, 0.15) is 11.5 Å². The van der Waals surface area contributed by atoms with E-state index < -0.39 is 0 Å². The molecular weight excluding hydrogens is 431 g/mol. The van der Waals surface area contributed by atoms with Crippen molar-refractivity contribution in [2.75, 3.05) is 18.4 Å². The van der Waals surface area contributed by atoms with Crippen molar-refractivity contribution in [3.8, 4) is 11.5 Å². The third kappa shape index (κ3) is 6.01. The van der Waals surface area contributed by atoms with Crippen LogP contribution >= 0.6 is 23.2 Å². The van der Waals surface area contributed by atoms with Crippen LogP contribution in [0.15, 0.2) is 72.8 Å². The van der Waals surface area contributed by atoms with E-state index in [2.05, 4.69) is 10.2 Å². The molecule has 3 aromatic rings. The van der Waals surface area contributed by atoms with Gasteiger partial charge in [-0.15, -0.1) is 0 Å². The van der Waals surface area contributed by atoms with Crippen molar-refractivity contribution < 1.29 is 9.53 Å². The molecule has 0 spiro atoms. The van der Waals surface area contributed by atoms with E-state index in [9.17, 15) is 4.79 Å². The summed E-state index contributed by atoms with van der Waals surface area (Å²) in [6, 6.07) is 22.6. The molecule has 1 heterocycles. The maximum absolute atomic E-state index is 12.8. The molecule has 0 unspecified atom stereocenters. The number of hydrogen-bond donors (Lipinski definition) is 1. The maximum atomic E-state index is 12.8. The lowest BCUT2D eigenvalue weighted by molar-refractivity contribution is -0.121. The molecule has 1 aliphatic heterocycles. The van der Waals surface area contributed by atoms with Gasteiger partial charge in [-0.25, -0.2) is 0 Å². The van der Waals surface area contributed by atoms with Crippen LogP contribution in [0.3, 0.4) is 0 Å². The van der Waals surface area contributed by atoms with Gasteiger partial charge in [0.2, 0.25) is 5.91 Å². The van der Waals surface area contributed by atoms with Crippen LogP contribution in [0.25, 0.3) is 0 Å². The second kappa shape index (κ2) is 10.2. The van der Waals surface area contributed by atoms with E-state index in [0.29, 0.717) is 23.1 Å². The molecule has 0 aromatic heterocycles. The summed E-state index contributed by atoms with van der Waals surface area (Å²) < 4.78 is 5.80. The van der Waals surface area contributed by atoms with Crippen LogP contribution in [0.2, 0.25) is 10.0 Å². The number of amides is 1. The highest BCUT2D eigenvalue weighted by atomic mass is 35.5. The van der Waals surface area contributed by atoms with Gasteiger partial charge in [-0.3, -0.25) is 9.69 Å². The van der Waals surface area contributed by atoms with Crippen LogP contribution < -0.4 is 10.1 Å². The van der Waals surface area contributed by atoms with E-state index in [1.807, 2.05) is 66.7 Å². The summed E-state index contributed by atoms with van der Waals surface area (Å²) in [7, 11) is 0. The fraction of sp³-hybridized carbons (Fsp3) is 0.240. The first-order valence-electron chi connectivity index (χ1n) is 10.4. The number of carbonyl (C=O) groups excluding carboxylic acids is 1. The quantitative estimate of drug-likeness (QED) is 0.453. The zero-order chi connectivity index (χ0) is 21.6. The summed E-state index contributed by atoms with van der Waals surface area (Å²) in [4.78, 5) is 15.1. The Labute approximate surface area is 192 Å². The molecule has 0 saturated carbocycles. The second-order valence-electron chi connectivity index (χ2n) is 7.74. The predicted octanol–water partition coefficient (Wildman–Crippen LogP) is 6.64. The topological polar surface area (TPSA) is 41.6 Å². The number of ether oxygens (including phenoxy) is 1. The first kappa shape index (κ1) is 21.7. The number of halogens is 2. The van der Waals surface area contributed by atoms with Gasteiger partial charge in [0.05, 0.1) is 5.92 Å². The number of likely N-dealkylation sites (tertiary alicyclic amines) is 1. The van der Waals surface area contributed by atoms with Gasteiger partial charge in [-0.2, -0.15) is 0 Å². The van der Waals surface area contributed by atoms with E-state index in [4.69, 9.17) is 27.9 Å². The molecule has 0 radical (unpaired) electrons. The SMILES string of the molecule is O=C(Nc1ccc(Oc2ccccc2)cc1)[C@@H]1CCCN(Cc2ccc(Cl)cc2Cl)C1. The Kier molecular flexibility index (Phi) is 7.13. The monoisotopic (exact) mass is 454 g/mol. The van der Waals surface area contributed by atoms with E-state index in [1.54, 1.807) is 6.07 Å². The summed E-state index contributed by atoms with van der Waals surface area (Å²) >= 11 is 12.3. The van der Waals surface area contributed by atoms with Gasteiger partial charge in [-0.05, 0) is 73.5 Å². The van der Waals surface area contributed by atoms with Gasteiger partial charge in [0.15, 0.2) is 0 Å². The number of piperidine rings is 1. The van der Waals surface area contributed by atoms with Crippen molar-refractivity contribution in [3.05, 3.63) is 88.4 Å². The molecule has 31 heavy (non-hydrogen) atoms. The number of para-hydroxylation sites is 1. The molecule has 6 heteroatoms. The fourth-order valence-corrected chi connectivity index (χ4v) is 4.25. The third-order valence-electron chi connectivity index (χ3n) is 5.39. The van der Waals surface area contributed by atoms with Crippen LogP contribution in [-0.2, 0) is 11.3 Å². The molecule has 1 N–H and O–H groups in total. The lowest BCUT2D eigenvalue weighted by Crippen LogP contribution is -2.40. The normalized spacial score (nSPS) is 16.6. The molecule has 4 nitrogen and oxygen atoms in total. The lowest BCUT2D eigenvalue weighted by Gasteiger charge is -2.32. The Morgan fingerprint density at radius 1 is 1.00 bits per heavy atom. The van der Waals surface area contributed by atoms with E-state index in [0.717, 1.165) is 42.1 Å². The van der Waals surface area contributed by atoms with Crippen molar-refractivity contribution in [1.82, 2.24) is 4.90 Å². The molecule has 1 fully saturated rings. The highest BCUT2D eigenvalue weighted by molar-refractivity contribution is 6.35. The molecule has 1 aliphatic rings. The average molecular weight is 455 g/mol. The molecular formula is C25H24Cl2N2O2. The van der Waals surface area contributed by atoms with Crippen molar-refractivity contribution in [2.45, 2.75) is 19.4 Å². The summed E-state index contributed by atoms with van der Waals surface area (Å²) in [5, 5.41) is 4.33. The largest absolute Gasteiger partial charge is 0.457 e. The first-order chi connectivity index (χ1) is 15.1. The number of nitrogens with zero attached hydrogens (tertiary/aromatic N) is 1. The van der Waals surface area contributed by atoms with Crippen LogP contribution in [0.5, 0.6) is 11.5 Å². The lowest BCUT2D eigenvalue weighted by atomic mass is 9.96. The van der Waals surface area contributed by atoms with E-state index >= 15 is 0 Å². The average Bonchev–Trinajstić information content (AvgIpc) is 2.78. The van der Waals surface area contributed by atoms with Crippen LogP contribution in [0.4, 0.5) is 5.69 Å². The summed E-state index contributed by atoms with van der Waals surface area (Å²) in [5.74, 6) is 1.50. The van der Waals surface area contributed by atoms with Gasteiger partial charge >= 0.3 is 0 Å². The molecule has 3 aromatic carbocycles. The number of nitrogens with one attached hydrogen (secondary N) is 1. The Hall–Kier alpha value is -2.53. The van der Waals surface area contributed by atoms with Crippen LogP contribution in [-0.4, -0.2) is 23.9 Å². The molecule has 1 saturated heterocycles. The van der Waals surface area contributed by atoms with Crippen molar-refractivity contribution in [1.29, 1.82) is 0 Å². The molecule has 0 bridgehead atoms. The Balaban J connectivity index is 1.32. The third-order valence-corrected chi connectivity index (χ3v) is 5.97. The Morgan fingerprint density at radius 3 is 2.48 bits per heavy atom. The molecule has 0 aliphatic carbocycles. The minimum Gasteiger partial charge on any atom is -0.457 e. The highest BCUT2D eigenvalue weighted by Gasteiger charge is 2.26. The number of carbonyl (C=O) groups is 1. The maximum Gasteiger partial charge on any atom is 0.228 e. The van der Waals surface area contributed by atoms with E-state index in [1.165, 1.54) is 0 Å². The first-order valence-corrected chi connectivity index (χ1v) is 11.1. The minimum atomic E-state index is -0.0555. The minimum absolute atomic E-state index is 0.0450. The molecule has 1 amide bonds. The molecule has 4 rings (SSSR count). The number of benzene rings is 3. The van der Waals surface area contributed by atoms with E-state index in [-0.39, 0.29) is 11.8 Å². The molecule has 160 valence electrons. The van der Waals surface area contributed by atoms with Gasteiger partial charge in [-0.1, -0.05) is 47.5 Å². The second-order valence-corrected chi connectivity index (χ2v) is 8.58. The number of hydrogen-bond acceptors (Lipinski definition) is 3. The van der Waals surface area contributed by atoms with Gasteiger partial charge in [0.25, 0.3) is 0 Å². The van der Waals surface area contributed by atoms with Crippen molar-refractivity contribution in [2.24, 2.45) is 5.92 Å². The van der Waals surface area contributed by atoms with Crippen molar-refractivity contribution in [3.63, 3.8) is 0 Å². The molecule has 1 atom stereocenters. The summed E-state index contributed by atoms with van der Waals surface area (Å²) in [6.45, 7) is 2.37. The van der Waals surface area contributed by atoms with Crippen molar-refractivity contribution >= 4 is 34.8 Å². The highest BCUT2D eigenvalue weighted by Crippen LogP contribution is 2.26. The van der Waals surface area contributed by atoms with Gasteiger partial charge in [0, 0.05) is 28.8 Å². The standard InChI is InChI=1S/C25H24Cl2N2O2/c26-20-9-8-18(24(27)15-20)16-29-14-4-5-19(17-29)25(30)28-21-10-12-23(13-11-21)31-22-6-2-1-3-7-22/h1-3,6-13,15,19H,4-5,14,16-17H2,(H,28,30)/t19-/m1/s1. The smallest absolute Gasteiger partial charge is 0.228 e. The van der Waals surface area contributed by atoms with Crippen LogP contribution in [0.1, 0.15) is 18.4 Å². The number of anilines is 1. The summed E-state index contributed by atoms with van der Waals surface area (Å²) in [6.07, 6.45) is 1.86. The van der Waals surface area contributed by atoms with Gasteiger partial charge < -0.3 is 10.1 Å². The van der Waals surface area contributed by atoms with Crippen LogP contribution in [0, 0.1) is 5.92 Å². The zero-order valence-corrected chi connectivity index (χ0v) is 18.6. The Morgan fingerprint density at radius 2 is 1.74 bits per heavy atom. The fourth-order valence-electron chi connectivity index (χ4n) is 3.78.